The molecule has 0 saturated heterocycles. The molecule has 0 aliphatic carbocycles. The van der Waals surface area contributed by atoms with Gasteiger partial charge >= 0.3 is 6.18 Å². The van der Waals surface area contributed by atoms with Crippen LogP contribution in [-0.4, -0.2) is 23.6 Å². The number of nitrogens with two attached hydrogens (primary N) is 2. The van der Waals surface area contributed by atoms with Crippen molar-refractivity contribution in [2.75, 3.05) is 6.61 Å². The average Bonchev–Trinajstić information content (AvgIpc) is 2.76. The molecule has 0 unspecified atom stereocenters. The Bertz CT molecular complexity index is 1240. The maximum Gasteiger partial charge on any atom is 0.389 e. The molecule has 0 saturated carbocycles. The normalized spacial score (nSPS) is 12.0. The van der Waals surface area contributed by atoms with Gasteiger partial charge in [-0.2, -0.15) is 13.2 Å². The van der Waals surface area contributed by atoms with Crippen LogP contribution in [0, 0.1) is 12.7 Å². The molecule has 0 bridgehead atoms. The van der Waals surface area contributed by atoms with E-state index in [0.29, 0.717) is 11.1 Å². The van der Waals surface area contributed by atoms with Gasteiger partial charge in [0, 0.05) is 23.6 Å². The van der Waals surface area contributed by atoms with E-state index in [1.165, 1.54) is 12.1 Å². The number of aromatic nitrogens is 1. The number of nitrogens with zero attached hydrogens (tertiary/aromatic N) is 1. The van der Waals surface area contributed by atoms with E-state index in [9.17, 15) is 22.4 Å². The summed E-state index contributed by atoms with van der Waals surface area (Å²) in [5, 5.41) is 3.68. The molecule has 180 valence electrons. The number of ether oxygens (including phenoxy) is 1. The van der Waals surface area contributed by atoms with Crippen molar-refractivity contribution in [3.8, 4) is 28.1 Å². The molecule has 3 aromatic rings. The first-order valence-corrected chi connectivity index (χ1v) is 10.2. The van der Waals surface area contributed by atoms with Crippen LogP contribution < -0.4 is 27.4 Å². The van der Waals surface area contributed by atoms with Crippen molar-refractivity contribution in [1.29, 1.82) is 0 Å². The molecule has 0 aliphatic rings. The minimum absolute atomic E-state index is 0.0515. The van der Waals surface area contributed by atoms with Crippen LogP contribution in [0.5, 0.6) is 5.75 Å². The SMILES string of the molecule is Cc1ccc(-c2cc(-c3ccc(OCCCC(F)(F)F)cc3F)[nH]c(=O)c2/C(N)=N/NN)cc1. The van der Waals surface area contributed by atoms with Crippen LogP contribution in [0.3, 0.4) is 0 Å². The van der Waals surface area contributed by atoms with Crippen molar-refractivity contribution >= 4 is 5.84 Å². The number of pyridine rings is 1. The number of nitrogens with one attached hydrogen (secondary N) is 2. The van der Waals surface area contributed by atoms with Crippen LogP contribution in [0.1, 0.15) is 24.0 Å². The Kier molecular flexibility index (Phi) is 7.57. The van der Waals surface area contributed by atoms with Gasteiger partial charge in [-0.1, -0.05) is 29.8 Å². The van der Waals surface area contributed by atoms with E-state index in [0.717, 1.165) is 11.6 Å². The number of hydrazine groups is 1. The largest absolute Gasteiger partial charge is 0.493 e. The molecule has 0 atom stereocenters. The Balaban J connectivity index is 1.98. The Labute approximate surface area is 192 Å². The van der Waals surface area contributed by atoms with E-state index in [-0.39, 0.29) is 41.4 Å². The molecule has 1 aromatic heterocycles. The van der Waals surface area contributed by atoms with Gasteiger partial charge in [0.2, 0.25) is 0 Å². The number of hydrogen-bond acceptors (Lipinski definition) is 5. The third kappa shape index (κ3) is 6.13. The summed E-state index contributed by atoms with van der Waals surface area (Å²) in [6.45, 7) is 1.69. The quantitative estimate of drug-likeness (QED) is 0.0978. The Morgan fingerprint density at radius 1 is 1.12 bits per heavy atom. The van der Waals surface area contributed by atoms with Gasteiger partial charge in [-0.3, -0.25) is 4.79 Å². The van der Waals surface area contributed by atoms with E-state index in [1.54, 1.807) is 18.2 Å². The van der Waals surface area contributed by atoms with Gasteiger partial charge in [0.15, 0.2) is 5.84 Å². The zero-order chi connectivity index (χ0) is 24.9. The highest BCUT2D eigenvalue weighted by Crippen LogP contribution is 2.30. The van der Waals surface area contributed by atoms with Gasteiger partial charge in [0.1, 0.15) is 11.6 Å². The molecular weight excluding hydrogens is 454 g/mol. The highest BCUT2D eigenvalue weighted by Gasteiger charge is 2.26. The summed E-state index contributed by atoms with van der Waals surface area (Å²) < 4.78 is 56.8. The van der Waals surface area contributed by atoms with Crippen LogP contribution in [-0.2, 0) is 0 Å². The number of amidine groups is 1. The van der Waals surface area contributed by atoms with Crippen LogP contribution in [0.4, 0.5) is 17.6 Å². The zero-order valence-corrected chi connectivity index (χ0v) is 18.2. The molecule has 34 heavy (non-hydrogen) atoms. The van der Waals surface area contributed by atoms with Crippen LogP contribution in [0.15, 0.2) is 58.4 Å². The number of aromatic amines is 1. The fraction of sp³-hybridized carbons (Fsp3) is 0.217. The second-order valence-corrected chi connectivity index (χ2v) is 7.50. The summed E-state index contributed by atoms with van der Waals surface area (Å²) >= 11 is 0. The maximum atomic E-state index is 14.9. The lowest BCUT2D eigenvalue weighted by Crippen LogP contribution is -2.29. The lowest BCUT2D eigenvalue weighted by Gasteiger charge is -2.13. The lowest BCUT2D eigenvalue weighted by molar-refractivity contribution is -0.136. The Hall–Kier alpha value is -3.86. The molecule has 3 rings (SSSR count). The first kappa shape index (κ1) is 24.8. The third-order valence-electron chi connectivity index (χ3n) is 4.94. The fourth-order valence-electron chi connectivity index (χ4n) is 3.31. The summed E-state index contributed by atoms with van der Waals surface area (Å²) in [6, 6.07) is 12.7. The highest BCUT2D eigenvalue weighted by atomic mass is 19.4. The molecule has 7 nitrogen and oxygen atoms in total. The summed E-state index contributed by atoms with van der Waals surface area (Å²) in [6.07, 6.45) is -5.52. The zero-order valence-electron chi connectivity index (χ0n) is 18.2. The Morgan fingerprint density at radius 3 is 2.44 bits per heavy atom. The number of aryl methyl sites for hydroxylation is 1. The summed E-state index contributed by atoms with van der Waals surface area (Å²) in [4.78, 5) is 15.5. The number of hydrogen-bond donors (Lipinski definition) is 4. The van der Waals surface area contributed by atoms with Crippen molar-refractivity contribution < 1.29 is 22.3 Å². The number of rotatable bonds is 8. The van der Waals surface area contributed by atoms with Crippen molar-refractivity contribution in [2.24, 2.45) is 16.7 Å². The van der Waals surface area contributed by atoms with Crippen molar-refractivity contribution in [3.05, 3.63) is 75.8 Å². The molecule has 0 amide bonds. The predicted molar refractivity (Wildman–Crippen MR) is 121 cm³/mol. The first-order chi connectivity index (χ1) is 16.1. The summed E-state index contributed by atoms with van der Waals surface area (Å²) in [5.41, 5.74) is 9.68. The minimum atomic E-state index is -4.28. The molecule has 2 aromatic carbocycles. The maximum absolute atomic E-state index is 14.9. The van der Waals surface area contributed by atoms with Crippen molar-refractivity contribution in [2.45, 2.75) is 25.9 Å². The number of alkyl halides is 3. The summed E-state index contributed by atoms with van der Waals surface area (Å²) in [5.74, 6) is 4.39. The van der Waals surface area contributed by atoms with E-state index >= 15 is 0 Å². The number of benzene rings is 2. The molecule has 11 heteroatoms. The van der Waals surface area contributed by atoms with Gasteiger partial charge in [-0.05, 0) is 37.1 Å². The van der Waals surface area contributed by atoms with Gasteiger partial charge in [0.25, 0.3) is 5.56 Å². The monoisotopic (exact) mass is 477 g/mol. The van der Waals surface area contributed by atoms with Crippen LogP contribution in [0.25, 0.3) is 22.4 Å². The fourth-order valence-corrected chi connectivity index (χ4v) is 3.31. The topological polar surface area (TPSA) is 119 Å². The molecule has 6 N–H and O–H groups in total. The smallest absolute Gasteiger partial charge is 0.389 e. The minimum Gasteiger partial charge on any atom is -0.493 e. The molecular formula is C23H23F4N5O2. The molecule has 0 aliphatic heterocycles. The lowest BCUT2D eigenvalue weighted by atomic mass is 9.97. The predicted octanol–water partition coefficient (Wildman–Crippen LogP) is 3.96. The van der Waals surface area contributed by atoms with Gasteiger partial charge < -0.3 is 15.5 Å². The van der Waals surface area contributed by atoms with E-state index in [2.05, 4.69) is 10.1 Å². The van der Waals surface area contributed by atoms with E-state index in [1.807, 2.05) is 24.6 Å². The third-order valence-corrected chi connectivity index (χ3v) is 4.94. The van der Waals surface area contributed by atoms with Gasteiger partial charge in [0.05, 0.1) is 17.9 Å². The first-order valence-electron chi connectivity index (χ1n) is 10.2. The standard InChI is InChI=1S/C23H23F4N5O2/c1-13-3-5-14(6-4-13)17-12-19(30-22(33)20(17)21(28)31-32-29)16-8-7-15(11-18(16)24)34-10-2-9-23(25,26)27/h3-8,11-12,32H,2,9-10,29H2,1H3,(H2,28,31)(H,30,33). The number of H-pyrrole nitrogens is 1. The molecule has 0 fully saturated rings. The molecule has 0 radical (unpaired) electrons. The number of halogens is 4. The van der Waals surface area contributed by atoms with Crippen molar-refractivity contribution in [3.63, 3.8) is 0 Å². The Morgan fingerprint density at radius 2 is 1.82 bits per heavy atom. The van der Waals surface area contributed by atoms with E-state index in [4.69, 9.17) is 16.3 Å². The molecule has 1 heterocycles. The van der Waals surface area contributed by atoms with Gasteiger partial charge in [-0.15, -0.1) is 5.10 Å². The van der Waals surface area contributed by atoms with Crippen LogP contribution in [0.2, 0.25) is 0 Å². The van der Waals surface area contributed by atoms with E-state index < -0.39 is 24.0 Å². The second-order valence-electron chi connectivity index (χ2n) is 7.50. The van der Waals surface area contributed by atoms with Gasteiger partial charge in [-0.25, -0.2) is 15.8 Å². The second kappa shape index (κ2) is 10.4. The van der Waals surface area contributed by atoms with Crippen LogP contribution >= 0.6 is 0 Å². The summed E-state index contributed by atoms with van der Waals surface area (Å²) in [7, 11) is 0. The number of hydrazone groups is 1. The average molecular weight is 477 g/mol. The highest BCUT2D eigenvalue weighted by molar-refractivity contribution is 6.03. The molecule has 0 spiro atoms. The van der Waals surface area contributed by atoms with Crippen molar-refractivity contribution in [1.82, 2.24) is 10.5 Å².